The highest BCUT2D eigenvalue weighted by molar-refractivity contribution is 7.13. The zero-order chi connectivity index (χ0) is 19.2. The van der Waals surface area contributed by atoms with E-state index in [0.29, 0.717) is 16.7 Å². The molecule has 0 unspecified atom stereocenters. The Bertz CT molecular complexity index is 891. The topological polar surface area (TPSA) is 110 Å². The number of aryl methyl sites for hydroxylation is 2. The zero-order valence-electron chi connectivity index (χ0n) is 14.8. The maximum absolute atomic E-state index is 12.7. The Morgan fingerprint density at radius 1 is 0.963 bits per heavy atom. The number of anilines is 2. The molecule has 2 N–H and O–H groups in total. The van der Waals surface area contributed by atoms with Crippen molar-refractivity contribution in [2.75, 3.05) is 10.6 Å². The highest BCUT2D eigenvalue weighted by Gasteiger charge is 2.24. The fourth-order valence-corrected chi connectivity index (χ4v) is 3.69. The summed E-state index contributed by atoms with van der Waals surface area (Å²) in [6.07, 6.45) is 0.466. The predicted molar refractivity (Wildman–Crippen MR) is 105 cm³/mol. The van der Waals surface area contributed by atoms with Crippen LogP contribution in [0.3, 0.4) is 0 Å². The van der Waals surface area contributed by atoms with Crippen LogP contribution in [-0.2, 0) is 16.0 Å². The minimum Gasteiger partial charge on any atom is -0.301 e. The van der Waals surface area contributed by atoms with Gasteiger partial charge in [-0.25, -0.2) is 0 Å². The normalized spacial score (nSPS) is 11.8. The van der Waals surface area contributed by atoms with Crippen LogP contribution < -0.4 is 10.6 Å². The Hall–Kier alpha value is -2.72. The average Bonchev–Trinajstić information content (AvgIpc) is 3.27. The van der Waals surface area contributed by atoms with Crippen molar-refractivity contribution < 1.29 is 9.59 Å². The van der Waals surface area contributed by atoms with E-state index >= 15 is 0 Å². The summed E-state index contributed by atoms with van der Waals surface area (Å²) < 4.78 is 0. The van der Waals surface area contributed by atoms with Crippen molar-refractivity contribution in [2.24, 2.45) is 5.92 Å². The van der Waals surface area contributed by atoms with Gasteiger partial charge in [0, 0.05) is 6.42 Å². The second-order valence-corrected chi connectivity index (χ2v) is 7.79. The van der Waals surface area contributed by atoms with Gasteiger partial charge < -0.3 is 10.6 Å². The lowest BCUT2D eigenvalue weighted by atomic mass is 9.93. The Morgan fingerprint density at radius 2 is 1.56 bits per heavy atom. The van der Waals surface area contributed by atoms with Gasteiger partial charge in [-0.3, -0.25) is 9.59 Å². The van der Waals surface area contributed by atoms with Gasteiger partial charge in [-0.15, -0.1) is 20.4 Å². The molecule has 0 aliphatic heterocycles. The number of nitrogens with one attached hydrogen (secondary N) is 2. The lowest BCUT2D eigenvalue weighted by Crippen LogP contribution is -2.29. The van der Waals surface area contributed by atoms with Gasteiger partial charge in [-0.05, 0) is 25.8 Å². The van der Waals surface area contributed by atoms with Crippen molar-refractivity contribution >= 4 is 44.8 Å². The molecule has 0 saturated carbocycles. The third kappa shape index (κ3) is 5.63. The average molecular weight is 403 g/mol. The van der Waals surface area contributed by atoms with Gasteiger partial charge >= 0.3 is 0 Å². The molecule has 1 aromatic carbocycles. The molecule has 10 heteroatoms. The molecule has 0 bridgehead atoms. The van der Waals surface area contributed by atoms with Crippen molar-refractivity contribution in [2.45, 2.75) is 26.7 Å². The Morgan fingerprint density at radius 3 is 2.11 bits per heavy atom. The number of carbonyl (C=O) groups excluding carboxylic acids is 2. The van der Waals surface area contributed by atoms with Crippen LogP contribution >= 0.6 is 22.7 Å². The number of rotatable bonds is 7. The molecule has 2 aromatic heterocycles. The maximum Gasteiger partial charge on any atom is 0.230 e. The van der Waals surface area contributed by atoms with E-state index in [9.17, 15) is 9.59 Å². The summed E-state index contributed by atoms with van der Waals surface area (Å²) in [7, 11) is 0. The Kier molecular flexibility index (Phi) is 6.20. The SMILES string of the molecule is Cc1cc(C)cc(C[C@@H](CC(=O)Nc2nncs2)C(=O)Nc2nncs2)c1. The van der Waals surface area contributed by atoms with Crippen LogP contribution in [0.25, 0.3) is 0 Å². The summed E-state index contributed by atoms with van der Waals surface area (Å²) in [5.74, 6) is -1.10. The number of carbonyl (C=O) groups is 2. The lowest BCUT2D eigenvalue weighted by molar-refractivity contribution is -0.124. The standard InChI is InChI=1S/C17H18N6O2S2/c1-10-3-11(2)5-12(4-10)6-13(15(25)21-17-23-19-9-27-17)7-14(24)20-16-22-18-8-26-16/h3-5,8-9,13H,6-7H2,1-2H3,(H,20,22,24)(H,21,23,25)/t13-/m0/s1. The molecule has 1 atom stereocenters. The molecule has 3 aromatic rings. The molecular formula is C17H18N6O2S2. The molecule has 3 rings (SSSR count). The molecule has 0 fully saturated rings. The first-order chi connectivity index (χ1) is 13.0. The maximum atomic E-state index is 12.7. The molecule has 2 amide bonds. The lowest BCUT2D eigenvalue weighted by Gasteiger charge is -2.16. The first-order valence-corrected chi connectivity index (χ1v) is 9.96. The molecule has 0 aliphatic rings. The van der Waals surface area contributed by atoms with Crippen LogP contribution in [0.4, 0.5) is 10.3 Å². The molecule has 0 radical (unpaired) electrons. The van der Waals surface area contributed by atoms with E-state index in [1.165, 1.54) is 33.7 Å². The summed E-state index contributed by atoms with van der Waals surface area (Å²) >= 11 is 2.46. The van der Waals surface area contributed by atoms with Crippen LogP contribution in [-0.4, -0.2) is 32.2 Å². The highest BCUT2D eigenvalue weighted by Crippen LogP contribution is 2.20. The van der Waals surface area contributed by atoms with Crippen LogP contribution in [0.1, 0.15) is 23.1 Å². The third-order valence-corrected chi connectivity index (χ3v) is 4.98. The van der Waals surface area contributed by atoms with Crippen molar-refractivity contribution in [3.8, 4) is 0 Å². The summed E-state index contributed by atoms with van der Waals surface area (Å²) in [6, 6.07) is 6.13. The summed E-state index contributed by atoms with van der Waals surface area (Å²) in [6.45, 7) is 4.02. The second kappa shape index (κ2) is 8.78. The van der Waals surface area contributed by atoms with Gasteiger partial charge in [0.15, 0.2) is 0 Å². The van der Waals surface area contributed by atoms with Gasteiger partial charge in [0.05, 0.1) is 5.92 Å². The van der Waals surface area contributed by atoms with Crippen LogP contribution in [0.15, 0.2) is 29.2 Å². The van der Waals surface area contributed by atoms with E-state index in [2.05, 4.69) is 37.1 Å². The molecule has 2 heterocycles. The molecule has 0 spiro atoms. The van der Waals surface area contributed by atoms with E-state index in [0.717, 1.165) is 16.7 Å². The monoisotopic (exact) mass is 402 g/mol. The largest absolute Gasteiger partial charge is 0.301 e. The number of benzene rings is 1. The molecular weight excluding hydrogens is 384 g/mol. The second-order valence-electron chi connectivity index (χ2n) is 6.13. The molecule has 0 aliphatic carbocycles. The van der Waals surface area contributed by atoms with Crippen molar-refractivity contribution in [1.29, 1.82) is 0 Å². The smallest absolute Gasteiger partial charge is 0.230 e. The van der Waals surface area contributed by atoms with Gasteiger partial charge in [-0.1, -0.05) is 52.0 Å². The van der Waals surface area contributed by atoms with E-state index < -0.39 is 5.92 Å². The van der Waals surface area contributed by atoms with Gasteiger partial charge in [-0.2, -0.15) is 0 Å². The number of amides is 2. The summed E-state index contributed by atoms with van der Waals surface area (Å²) in [5.41, 5.74) is 6.31. The van der Waals surface area contributed by atoms with Crippen LogP contribution in [0, 0.1) is 19.8 Å². The predicted octanol–water partition coefficient (Wildman–Crippen LogP) is 2.83. The quantitative estimate of drug-likeness (QED) is 0.629. The Labute approximate surface area is 164 Å². The Balaban J connectivity index is 1.74. The summed E-state index contributed by atoms with van der Waals surface area (Å²) in [5, 5.41) is 21.3. The first kappa shape index (κ1) is 19.1. The van der Waals surface area contributed by atoms with E-state index in [1.807, 2.05) is 26.0 Å². The highest BCUT2D eigenvalue weighted by atomic mass is 32.1. The van der Waals surface area contributed by atoms with Crippen molar-refractivity contribution in [3.05, 3.63) is 45.9 Å². The fraction of sp³-hybridized carbons (Fsp3) is 0.294. The first-order valence-electron chi connectivity index (χ1n) is 8.20. The van der Waals surface area contributed by atoms with E-state index in [1.54, 1.807) is 0 Å². The molecule has 27 heavy (non-hydrogen) atoms. The molecule has 8 nitrogen and oxygen atoms in total. The molecule has 140 valence electrons. The number of nitrogens with zero attached hydrogens (tertiary/aromatic N) is 4. The van der Waals surface area contributed by atoms with E-state index in [-0.39, 0.29) is 18.2 Å². The summed E-state index contributed by atoms with van der Waals surface area (Å²) in [4.78, 5) is 25.1. The number of hydrogen-bond donors (Lipinski definition) is 2. The van der Waals surface area contributed by atoms with Crippen molar-refractivity contribution in [3.63, 3.8) is 0 Å². The zero-order valence-corrected chi connectivity index (χ0v) is 16.4. The minimum atomic E-state index is -0.553. The van der Waals surface area contributed by atoms with Gasteiger partial charge in [0.25, 0.3) is 0 Å². The van der Waals surface area contributed by atoms with Crippen LogP contribution in [0.5, 0.6) is 0 Å². The number of aromatic nitrogens is 4. The van der Waals surface area contributed by atoms with Gasteiger partial charge in [0.1, 0.15) is 11.0 Å². The van der Waals surface area contributed by atoms with Crippen LogP contribution in [0.2, 0.25) is 0 Å². The third-order valence-electron chi connectivity index (χ3n) is 3.76. The molecule has 0 saturated heterocycles. The van der Waals surface area contributed by atoms with Gasteiger partial charge in [0.2, 0.25) is 22.1 Å². The van der Waals surface area contributed by atoms with Crippen molar-refractivity contribution in [1.82, 2.24) is 20.4 Å². The number of hydrogen-bond acceptors (Lipinski definition) is 8. The minimum absolute atomic E-state index is 0.0250. The fourth-order valence-electron chi connectivity index (χ4n) is 2.79. The van der Waals surface area contributed by atoms with E-state index in [4.69, 9.17) is 0 Å².